The molecule has 4 N–H and O–H groups in total. The molecular formula is C25H25ClN6. The zero-order chi connectivity index (χ0) is 22.2. The summed E-state index contributed by atoms with van der Waals surface area (Å²) in [5.41, 5.74) is 5.78. The Morgan fingerprint density at radius 3 is 2.66 bits per heavy atom. The molecule has 0 saturated heterocycles. The Kier molecular flexibility index (Phi) is 7.15. The first-order chi connectivity index (χ1) is 15.7. The Bertz CT molecular complexity index is 1140. The number of aromatic nitrogens is 3. The van der Waals surface area contributed by atoms with Gasteiger partial charge in [0, 0.05) is 42.3 Å². The number of H-pyrrole nitrogens is 1. The predicted molar refractivity (Wildman–Crippen MR) is 130 cm³/mol. The molecule has 0 unspecified atom stereocenters. The number of aromatic amines is 1. The average Bonchev–Trinajstić information content (AvgIpc) is 3.36. The zero-order valence-corrected chi connectivity index (χ0v) is 18.4. The third-order valence-corrected chi connectivity index (χ3v) is 5.44. The minimum absolute atomic E-state index is 0.434. The number of amidine groups is 1. The summed E-state index contributed by atoms with van der Waals surface area (Å²) < 4.78 is 0. The highest BCUT2D eigenvalue weighted by atomic mass is 35.5. The Morgan fingerprint density at radius 1 is 1.03 bits per heavy atom. The minimum Gasteiger partial charge on any atom is -0.381 e. The molecule has 2 heterocycles. The van der Waals surface area contributed by atoms with E-state index >= 15 is 0 Å². The van der Waals surface area contributed by atoms with Crippen LogP contribution in [0, 0.1) is 5.41 Å². The number of nitrogens with zero attached hydrogens (tertiary/aromatic N) is 2. The van der Waals surface area contributed by atoms with Crippen molar-refractivity contribution in [2.45, 2.75) is 19.4 Å². The molecule has 2 aromatic heterocycles. The van der Waals surface area contributed by atoms with Crippen LogP contribution in [0.15, 0.2) is 79.4 Å². The molecule has 0 amide bonds. The van der Waals surface area contributed by atoms with Gasteiger partial charge in [-0.1, -0.05) is 41.9 Å². The van der Waals surface area contributed by atoms with Crippen LogP contribution < -0.4 is 10.6 Å². The van der Waals surface area contributed by atoms with Gasteiger partial charge in [0.05, 0.1) is 22.7 Å². The lowest BCUT2D eigenvalue weighted by Crippen LogP contribution is -2.24. The first-order valence-electron chi connectivity index (χ1n) is 10.5. The lowest BCUT2D eigenvalue weighted by Gasteiger charge is -2.11. The number of halogens is 1. The average molecular weight is 445 g/mol. The van der Waals surface area contributed by atoms with E-state index in [0.717, 1.165) is 53.2 Å². The Hall–Kier alpha value is -3.64. The number of hydrogen-bond acceptors (Lipinski definition) is 4. The second-order valence-electron chi connectivity index (χ2n) is 7.43. The number of anilines is 1. The summed E-state index contributed by atoms with van der Waals surface area (Å²) in [6.45, 7) is 1.41. The molecule has 0 atom stereocenters. The largest absolute Gasteiger partial charge is 0.381 e. The quantitative estimate of drug-likeness (QED) is 0.160. The van der Waals surface area contributed by atoms with E-state index < -0.39 is 0 Å². The normalized spacial score (nSPS) is 10.7. The highest BCUT2D eigenvalue weighted by Gasteiger charge is 2.06. The van der Waals surface area contributed by atoms with Crippen molar-refractivity contribution in [3.8, 4) is 11.3 Å². The summed E-state index contributed by atoms with van der Waals surface area (Å²) in [6, 6.07) is 19.7. The predicted octanol–water partition coefficient (Wildman–Crippen LogP) is 5.28. The maximum atomic E-state index is 8.25. The monoisotopic (exact) mass is 444 g/mol. The van der Waals surface area contributed by atoms with E-state index in [1.807, 2.05) is 66.9 Å². The molecule has 32 heavy (non-hydrogen) atoms. The van der Waals surface area contributed by atoms with Crippen molar-refractivity contribution in [3.63, 3.8) is 0 Å². The van der Waals surface area contributed by atoms with Crippen LogP contribution in [0.5, 0.6) is 0 Å². The molecular weight excluding hydrogens is 420 g/mol. The minimum atomic E-state index is 0.434. The van der Waals surface area contributed by atoms with Gasteiger partial charge < -0.3 is 15.6 Å². The van der Waals surface area contributed by atoms with Gasteiger partial charge in [-0.25, -0.2) is 4.98 Å². The molecule has 2 aromatic carbocycles. The van der Waals surface area contributed by atoms with Crippen molar-refractivity contribution in [2.75, 3.05) is 11.9 Å². The third kappa shape index (κ3) is 5.74. The summed E-state index contributed by atoms with van der Waals surface area (Å²) in [5, 5.41) is 15.5. The summed E-state index contributed by atoms with van der Waals surface area (Å²) in [4.78, 5) is 11.6. The summed E-state index contributed by atoms with van der Waals surface area (Å²) >= 11 is 6.37. The first-order valence-corrected chi connectivity index (χ1v) is 10.9. The maximum absolute atomic E-state index is 8.25. The van der Waals surface area contributed by atoms with Gasteiger partial charge >= 0.3 is 0 Å². The molecule has 4 rings (SSSR count). The van der Waals surface area contributed by atoms with Gasteiger partial charge in [0.15, 0.2) is 0 Å². The van der Waals surface area contributed by atoms with E-state index in [0.29, 0.717) is 17.4 Å². The number of pyridine rings is 1. The van der Waals surface area contributed by atoms with Gasteiger partial charge in [0.1, 0.15) is 5.84 Å². The lowest BCUT2D eigenvalue weighted by molar-refractivity contribution is 0.760. The number of benzene rings is 2. The number of imidazole rings is 1. The smallest absolute Gasteiger partial charge is 0.125 e. The molecule has 0 radical (unpaired) electrons. The Balaban J connectivity index is 1.29. The van der Waals surface area contributed by atoms with E-state index in [1.165, 1.54) is 0 Å². The van der Waals surface area contributed by atoms with Crippen molar-refractivity contribution in [3.05, 3.63) is 101 Å². The Labute approximate surface area is 192 Å². The molecule has 4 aromatic rings. The summed E-state index contributed by atoms with van der Waals surface area (Å²) in [6.07, 6.45) is 7.17. The fourth-order valence-electron chi connectivity index (χ4n) is 3.36. The van der Waals surface area contributed by atoms with Gasteiger partial charge in [0.25, 0.3) is 0 Å². The molecule has 162 valence electrons. The highest BCUT2D eigenvalue weighted by molar-refractivity contribution is 6.33. The number of nitrogens with one attached hydrogen (secondary N) is 4. The summed E-state index contributed by atoms with van der Waals surface area (Å²) in [5.74, 6) is 0.434. The fraction of sp³-hybridized carbons (Fsp3) is 0.160. The van der Waals surface area contributed by atoms with Crippen molar-refractivity contribution in [1.29, 1.82) is 5.41 Å². The van der Waals surface area contributed by atoms with Gasteiger partial charge in [-0.05, 0) is 48.7 Å². The van der Waals surface area contributed by atoms with Crippen molar-refractivity contribution < 1.29 is 0 Å². The second-order valence-corrected chi connectivity index (χ2v) is 7.83. The molecule has 0 aliphatic heterocycles. The van der Waals surface area contributed by atoms with Crippen molar-refractivity contribution >= 4 is 23.1 Å². The van der Waals surface area contributed by atoms with Gasteiger partial charge in [0.2, 0.25) is 0 Å². The van der Waals surface area contributed by atoms with Gasteiger partial charge in [-0.15, -0.1) is 0 Å². The van der Waals surface area contributed by atoms with E-state index in [4.69, 9.17) is 17.0 Å². The Morgan fingerprint density at radius 2 is 1.91 bits per heavy atom. The molecule has 7 heteroatoms. The van der Waals surface area contributed by atoms with E-state index in [9.17, 15) is 0 Å². The number of rotatable bonds is 9. The van der Waals surface area contributed by atoms with Crippen molar-refractivity contribution in [1.82, 2.24) is 20.3 Å². The number of aryl methyl sites for hydroxylation is 1. The molecule has 0 fully saturated rings. The molecule has 0 saturated carbocycles. The van der Waals surface area contributed by atoms with E-state index in [-0.39, 0.29) is 0 Å². The summed E-state index contributed by atoms with van der Waals surface area (Å²) in [7, 11) is 0. The maximum Gasteiger partial charge on any atom is 0.125 e. The topological polar surface area (TPSA) is 89.5 Å². The lowest BCUT2D eigenvalue weighted by atomic mass is 10.1. The molecule has 0 spiro atoms. The standard InChI is InChI=1S/C25H25ClN6/c26-23-11-10-20(14-22(23)24-5-1-2-12-29-24)31-15-18-6-8-19(9-7-18)25(27)30-13-3-4-21-16-28-17-32-21/h1-2,5-12,14,16-17,31H,3-4,13,15H2,(H2,27,30)(H,28,32). The highest BCUT2D eigenvalue weighted by Crippen LogP contribution is 2.29. The second kappa shape index (κ2) is 10.6. The number of hydrogen-bond donors (Lipinski definition) is 4. The van der Waals surface area contributed by atoms with Gasteiger partial charge in [-0.2, -0.15) is 0 Å². The third-order valence-electron chi connectivity index (χ3n) is 5.11. The molecule has 0 bridgehead atoms. The van der Waals surface area contributed by atoms with Crippen LogP contribution in [-0.4, -0.2) is 27.3 Å². The van der Waals surface area contributed by atoms with Gasteiger partial charge in [-0.3, -0.25) is 10.4 Å². The van der Waals surface area contributed by atoms with Crippen LogP contribution in [0.25, 0.3) is 11.3 Å². The van der Waals surface area contributed by atoms with Crippen LogP contribution in [0.2, 0.25) is 5.02 Å². The molecule has 0 aliphatic carbocycles. The van der Waals surface area contributed by atoms with Crippen LogP contribution in [0.3, 0.4) is 0 Å². The first kappa shape index (κ1) is 21.6. The molecule has 0 aliphatic rings. The fourth-order valence-corrected chi connectivity index (χ4v) is 3.57. The van der Waals surface area contributed by atoms with E-state index in [1.54, 1.807) is 12.5 Å². The van der Waals surface area contributed by atoms with Crippen molar-refractivity contribution in [2.24, 2.45) is 0 Å². The SMILES string of the molecule is N=C(NCCCc1c[nH]cn1)c1ccc(CNc2ccc(Cl)c(-c3ccccn3)c2)cc1. The van der Waals surface area contributed by atoms with Crippen LogP contribution in [-0.2, 0) is 13.0 Å². The van der Waals surface area contributed by atoms with E-state index in [2.05, 4.69) is 25.6 Å². The van der Waals surface area contributed by atoms with Crippen LogP contribution >= 0.6 is 11.6 Å². The zero-order valence-electron chi connectivity index (χ0n) is 17.6. The van der Waals surface area contributed by atoms with Crippen LogP contribution in [0.4, 0.5) is 5.69 Å². The molecule has 6 nitrogen and oxygen atoms in total. The van der Waals surface area contributed by atoms with Crippen LogP contribution in [0.1, 0.15) is 23.2 Å².